The smallest absolute Gasteiger partial charge is 0.263 e. The first-order valence-electron chi connectivity index (χ1n) is 6.90. The molecule has 1 aliphatic carbocycles. The number of rotatable bonds is 3. The molecule has 3 aromatic rings. The van der Waals surface area contributed by atoms with Gasteiger partial charge in [0.1, 0.15) is 4.83 Å². The van der Waals surface area contributed by atoms with Crippen LogP contribution in [0.1, 0.15) is 21.9 Å². The predicted octanol–water partition coefficient (Wildman–Crippen LogP) is 3.31. The summed E-state index contributed by atoms with van der Waals surface area (Å²) in [5, 5.41) is 3.85. The third kappa shape index (κ3) is 2.20. The van der Waals surface area contributed by atoms with Crippen LogP contribution in [-0.2, 0) is 25.8 Å². The Morgan fingerprint density at radius 2 is 2.33 bits per heavy atom. The van der Waals surface area contributed by atoms with E-state index < -0.39 is 0 Å². The van der Waals surface area contributed by atoms with Gasteiger partial charge in [-0.2, -0.15) is 0 Å². The summed E-state index contributed by atoms with van der Waals surface area (Å²) in [4.78, 5) is 22.6. The molecule has 0 aliphatic heterocycles. The first-order valence-corrected chi connectivity index (χ1v) is 9.00. The van der Waals surface area contributed by atoms with E-state index in [1.165, 1.54) is 10.4 Å². The summed E-state index contributed by atoms with van der Waals surface area (Å²) in [6.45, 7) is 0.586. The number of nitrogens with one attached hydrogen (secondary N) is 1. The fourth-order valence-corrected chi connectivity index (χ4v) is 5.13. The number of aromatic amines is 1. The maximum Gasteiger partial charge on any atom is 0.263 e. The van der Waals surface area contributed by atoms with Crippen molar-refractivity contribution in [3.63, 3.8) is 0 Å². The molecule has 1 aliphatic rings. The predicted molar refractivity (Wildman–Crippen MR) is 89.1 cm³/mol. The van der Waals surface area contributed by atoms with Crippen molar-refractivity contribution >= 4 is 45.1 Å². The monoisotopic (exact) mass is 335 g/mol. The average molecular weight is 335 g/mol. The van der Waals surface area contributed by atoms with E-state index in [1.807, 2.05) is 5.38 Å². The highest BCUT2D eigenvalue weighted by Gasteiger charge is 2.21. The van der Waals surface area contributed by atoms with Gasteiger partial charge in [0.25, 0.3) is 5.56 Å². The molecule has 7 heteroatoms. The lowest BCUT2D eigenvalue weighted by Gasteiger charge is -2.05. The second-order valence-electron chi connectivity index (χ2n) is 5.12. The van der Waals surface area contributed by atoms with Gasteiger partial charge in [0.05, 0.1) is 10.4 Å². The van der Waals surface area contributed by atoms with Crippen LogP contribution in [0.4, 0.5) is 0 Å². The van der Waals surface area contributed by atoms with Crippen molar-refractivity contribution in [2.24, 2.45) is 0 Å². The minimum atomic E-state index is 0.0599. The third-order valence-electron chi connectivity index (χ3n) is 3.88. The fourth-order valence-electron chi connectivity index (χ4n) is 2.90. The van der Waals surface area contributed by atoms with Crippen LogP contribution in [0.15, 0.2) is 16.4 Å². The van der Waals surface area contributed by atoms with Crippen molar-refractivity contribution in [1.82, 2.24) is 14.5 Å². The summed E-state index contributed by atoms with van der Waals surface area (Å²) in [6.07, 6.45) is 5.80. The van der Waals surface area contributed by atoms with Crippen molar-refractivity contribution in [3.05, 3.63) is 42.1 Å². The Kier molecular flexibility index (Phi) is 3.28. The summed E-state index contributed by atoms with van der Waals surface area (Å²) in [7, 11) is 0. The summed E-state index contributed by atoms with van der Waals surface area (Å²) >= 11 is 8.67. The maximum atomic E-state index is 12.8. The van der Waals surface area contributed by atoms with Crippen molar-refractivity contribution in [2.75, 3.05) is 0 Å². The molecule has 4 nitrogen and oxygen atoms in total. The van der Waals surface area contributed by atoms with Crippen LogP contribution in [0, 0.1) is 4.77 Å². The number of aromatic nitrogens is 3. The van der Waals surface area contributed by atoms with Gasteiger partial charge in [-0.05, 0) is 37.0 Å². The quantitative estimate of drug-likeness (QED) is 0.747. The highest BCUT2D eigenvalue weighted by molar-refractivity contribution is 7.71. The van der Waals surface area contributed by atoms with Crippen LogP contribution in [0.3, 0.4) is 0 Å². The molecule has 0 aromatic carbocycles. The zero-order valence-electron chi connectivity index (χ0n) is 11.2. The Morgan fingerprint density at radius 1 is 1.43 bits per heavy atom. The van der Waals surface area contributed by atoms with E-state index in [9.17, 15) is 4.79 Å². The van der Waals surface area contributed by atoms with Gasteiger partial charge in [0.15, 0.2) is 4.77 Å². The van der Waals surface area contributed by atoms with E-state index >= 15 is 0 Å². The topological polar surface area (TPSA) is 50.7 Å². The van der Waals surface area contributed by atoms with Gasteiger partial charge in [-0.3, -0.25) is 9.36 Å². The van der Waals surface area contributed by atoms with Crippen LogP contribution >= 0.6 is 34.9 Å². The Hall–Kier alpha value is -1.31. The lowest BCUT2D eigenvalue weighted by molar-refractivity contribution is 0.651. The molecule has 0 radical (unpaired) electrons. The molecule has 0 saturated heterocycles. The van der Waals surface area contributed by atoms with E-state index in [2.05, 4.69) is 9.97 Å². The molecular weight excluding hydrogens is 322 g/mol. The first-order chi connectivity index (χ1) is 10.2. The molecule has 108 valence electrons. The largest absolute Gasteiger partial charge is 0.323 e. The number of hydrogen-bond donors (Lipinski definition) is 1. The highest BCUT2D eigenvalue weighted by atomic mass is 32.1. The zero-order chi connectivity index (χ0) is 14.4. The minimum absolute atomic E-state index is 0.0599. The van der Waals surface area contributed by atoms with Crippen molar-refractivity contribution in [1.29, 1.82) is 0 Å². The van der Waals surface area contributed by atoms with Crippen LogP contribution in [-0.4, -0.2) is 14.5 Å². The standard InChI is InChI=1S/C14H13N3OS3/c18-13-11-8-2-1-3-9(8)21-12(11)16-14(19)17(13)6-4-10-15-5-7-20-10/h5,7H,1-4,6H2,(H,16,19). The van der Waals surface area contributed by atoms with Crippen LogP contribution in [0.25, 0.3) is 10.2 Å². The third-order valence-corrected chi connectivity index (χ3v) is 6.25. The molecule has 0 amide bonds. The first kappa shape index (κ1) is 13.4. The van der Waals surface area contributed by atoms with Crippen LogP contribution in [0.5, 0.6) is 0 Å². The number of nitrogens with zero attached hydrogens (tertiary/aromatic N) is 2. The van der Waals surface area contributed by atoms with Gasteiger partial charge < -0.3 is 4.98 Å². The number of hydrogen-bond acceptors (Lipinski definition) is 5. The molecule has 0 fully saturated rings. The molecule has 0 atom stereocenters. The van der Waals surface area contributed by atoms with Crippen molar-refractivity contribution in [3.8, 4) is 0 Å². The molecule has 0 bridgehead atoms. The fraction of sp³-hybridized carbons (Fsp3) is 0.357. The molecule has 0 unspecified atom stereocenters. The summed E-state index contributed by atoms with van der Waals surface area (Å²) in [5.41, 5.74) is 1.30. The Balaban J connectivity index is 1.81. The number of H-pyrrole nitrogens is 1. The van der Waals surface area contributed by atoms with E-state index in [1.54, 1.807) is 33.4 Å². The molecule has 0 spiro atoms. The molecule has 1 N–H and O–H groups in total. The van der Waals surface area contributed by atoms with Gasteiger partial charge in [-0.1, -0.05) is 0 Å². The summed E-state index contributed by atoms with van der Waals surface area (Å²) < 4.78 is 2.20. The molecule has 3 heterocycles. The average Bonchev–Trinajstić information content (AvgIpc) is 3.13. The van der Waals surface area contributed by atoms with Gasteiger partial charge in [-0.15, -0.1) is 22.7 Å². The molecule has 0 saturated carbocycles. The molecule has 4 rings (SSSR count). The highest BCUT2D eigenvalue weighted by Crippen LogP contribution is 2.34. The Bertz CT molecular complexity index is 917. The van der Waals surface area contributed by atoms with E-state index in [0.717, 1.165) is 40.9 Å². The van der Waals surface area contributed by atoms with Gasteiger partial charge >= 0.3 is 0 Å². The second kappa shape index (κ2) is 5.15. The Labute approximate surface area is 134 Å². The van der Waals surface area contributed by atoms with Crippen molar-refractivity contribution in [2.45, 2.75) is 32.2 Å². The van der Waals surface area contributed by atoms with Crippen molar-refractivity contribution < 1.29 is 0 Å². The molecule has 3 aromatic heterocycles. The van der Waals surface area contributed by atoms with Gasteiger partial charge in [0, 0.05) is 29.4 Å². The van der Waals surface area contributed by atoms with E-state index in [0.29, 0.717) is 11.3 Å². The summed E-state index contributed by atoms with van der Waals surface area (Å²) in [5.74, 6) is 0. The lowest BCUT2D eigenvalue weighted by Crippen LogP contribution is -2.23. The maximum absolute atomic E-state index is 12.8. The number of fused-ring (bicyclic) bond motifs is 3. The Morgan fingerprint density at radius 3 is 3.14 bits per heavy atom. The van der Waals surface area contributed by atoms with Gasteiger partial charge in [0.2, 0.25) is 0 Å². The van der Waals surface area contributed by atoms with Crippen LogP contribution in [0.2, 0.25) is 0 Å². The lowest BCUT2D eigenvalue weighted by atomic mass is 10.2. The van der Waals surface area contributed by atoms with Gasteiger partial charge in [-0.25, -0.2) is 4.98 Å². The molecule has 21 heavy (non-hydrogen) atoms. The molecular formula is C14H13N3OS3. The number of thiazole rings is 1. The normalized spacial score (nSPS) is 13.9. The van der Waals surface area contributed by atoms with E-state index in [4.69, 9.17) is 12.2 Å². The van der Waals surface area contributed by atoms with E-state index in [-0.39, 0.29) is 5.56 Å². The SMILES string of the molecule is O=c1c2c3c(sc2[nH]c(=S)n1CCc1nccs1)CCC3. The second-order valence-corrected chi connectivity index (χ2v) is 7.60. The zero-order valence-corrected chi connectivity index (χ0v) is 13.7. The summed E-state index contributed by atoms with van der Waals surface area (Å²) in [6, 6.07) is 0. The number of aryl methyl sites for hydroxylation is 3. The number of thiophene rings is 1. The van der Waals surface area contributed by atoms with Crippen LogP contribution < -0.4 is 5.56 Å². The minimum Gasteiger partial charge on any atom is -0.323 e.